The minimum atomic E-state index is -0.720. The number of hydrogen-bond acceptors (Lipinski definition) is 2. The first-order valence-electron chi connectivity index (χ1n) is 6.23. The van der Waals surface area contributed by atoms with E-state index in [4.69, 9.17) is 5.11 Å². The zero-order chi connectivity index (χ0) is 12.7. The van der Waals surface area contributed by atoms with Crippen molar-refractivity contribution in [2.24, 2.45) is 0 Å². The van der Waals surface area contributed by atoms with E-state index in [1.54, 1.807) is 0 Å². The SMILES string of the molecule is CCc1ccc(N(CC)CCCC(=O)O)cc1. The average molecular weight is 235 g/mol. The fraction of sp³-hybridized carbons (Fsp3) is 0.500. The Hall–Kier alpha value is -1.51. The van der Waals surface area contributed by atoms with Crippen LogP contribution in [0.15, 0.2) is 24.3 Å². The molecule has 17 heavy (non-hydrogen) atoms. The second kappa shape index (κ2) is 6.94. The lowest BCUT2D eigenvalue weighted by atomic mass is 10.1. The van der Waals surface area contributed by atoms with E-state index in [2.05, 4.69) is 43.0 Å². The Bertz CT molecular complexity index is 346. The summed E-state index contributed by atoms with van der Waals surface area (Å²) in [6, 6.07) is 8.50. The smallest absolute Gasteiger partial charge is 0.303 e. The summed E-state index contributed by atoms with van der Waals surface area (Å²) in [6.07, 6.45) is 1.98. The van der Waals surface area contributed by atoms with Gasteiger partial charge in [0.15, 0.2) is 0 Å². The van der Waals surface area contributed by atoms with Gasteiger partial charge < -0.3 is 10.0 Å². The average Bonchev–Trinajstić information content (AvgIpc) is 2.34. The molecule has 0 atom stereocenters. The van der Waals surface area contributed by atoms with E-state index in [9.17, 15) is 4.79 Å². The summed E-state index contributed by atoms with van der Waals surface area (Å²) in [6.45, 7) is 5.94. The Morgan fingerprint density at radius 2 is 1.88 bits per heavy atom. The van der Waals surface area contributed by atoms with Crippen molar-refractivity contribution < 1.29 is 9.90 Å². The minimum absolute atomic E-state index is 0.240. The van der Waals surface area contributed by atoms with Gasteiger partial charge in [0.05, 0.1) is 0 Å². The monoisotopic (exact) mass is 235 g/mol. The first-order valence-corrected chi connectivity index (χ1v) is 6.23. The molecule has 1 rings (SSSR count). The third-order valence-corrected chi connectivity index (χ3v) is 2.91. The molecule has 1 N–H and O–H groups in total. The summed E-state index contributed by atoms with van der Waals surface area (Å²) in [7, 11) is 0. The lowest BCUT2D eigenvalue weighted by Gasteiger charge is -2.23. The molecule has 0 aliphatic rings. The second-order valence-corrected chi connectivity index (χ2v) is 4.10. The molecule has 0 radical (unpaired) electrons. The molecule has 0 aromatic heterocycles. The van der Waals surface area contributed by atoms with E-state index in [-0.39, 0.29) is 6.42 Å². The molecule has 0 amide bonds. The van der Waals surface area contributed by atoms with Crippen LogP contribution in [0.2, 0.25) is 0 Å². The molecule has 0 fully saturated rings. The van der Waals surface area contributed by atoms with Gasteiger partial charge in [-0.2, -0.15) is 0 Å². The number of aryl methyl sites for hydroxylation is 1. The molecule has 1 aromatic rings. The maximum Gasteiger partial charge on any atom is 0.303 e. The zero-order valence-electron chi connectivity index (χ0n) is 10.6. The van der Waals surface area contributed by atoms with Crippen LogP contribution < -0.4 is 4.90 Å². The van der Waals surface area contributed by atoms with E-state index in [1.165, 1.54) is 11.3 Å². The first kappa shape index (κ1) is 13.6. The van der Waals surface area contributed by atoms with Gasteiger partial charge in [-0.25, -0.2) is 0 Å². The van der Waals surface area contributed by atoms with Gasteiger partial charge in [0.2, 0.25) is 0 Å². The Labute approximate surface area is 103 Å². The predicted molar refractivity (Wildman–Crippen MR) is 70.6 cm³/mol. The van der Waals surface area contributed by atoms with Crippen molar-refractivity contribution >= 4 is 11.7 Å². The van der Waals surface area contributed by atoms with Crippen LogP contribution in [-0.2, 0) is 11.2 Å². The molecule has 0 unspecified atom stereocenters. The molecule has 0 spiro atoms. The van der Waals surface area contributed by atoms with Gasteiger partial charge in [-0.05, 0) is 37.5 Å². The van der Waals surface area contributed by atoms with Gasteiger partial charge in [0, 0.05) is 25.2 Å². The van der Waals surface area contributed by atoms with Crippen LogP contribution in [0.25, 0.3) is 0 Å². The number of carboxylic acid groups (broad SMARTS) is 1. The molecule has 94 valence electrons. The quantitative estimate of drug-likeness (QED) is 0.790. The normalized spacial score (nSPS) is 10.2. The Morgan fingerprint density at radius 3 is 2.35 bits per heavy atom. The maximum atomic E-state index is 10.5. The van der Waals surface area contributed by atoms with E-state index >= 15 is 0 Å². The first-order chi connectivity index (χ1) is 8.17. The molecule has 3 heteroatoms. The van der Waals surface area contributed by atoms with Crippen LogP contribution in [0.3, 0.4) is 0 Å². The molecule has 3 nitrogen and oxygen atoms in total. The molecule has 0 heterocycles. The van der Waals surface area contributed by atoms with Crippen molar-refractivity contribution in [3.05, 3.63) is 29.8 Å². The molecular formula is C14H21NO2. The molecule has 0 aliphatic carbocycles. The largest absolute Gasteiger partial charge is 0.481 e. The fourth-order valence-corrected chi connectivity index (χ4v) is 1.83. The van der Waals surface area contributed by atoms with Crippen LogP contribution in [-0.4, -0.2) is 24.2 Å². The predicted octanol–water partition coefficient (Wildman–Crippen LogP) is 2.94. The summed E-state index contributed by atoms with van der Waals surface area (Å²) < 4.78 is 0. The molecule has 0 bridgehead atoms. The van der Waals surface area contributed by atoms with Crippen molar-refractivity contribution in [1.29, 1.82) is 0 Å². The highest BCUT2D eigenvalue weighted by Crippen LogP contribution is 2.16. The highest BCUT2D eigenvalue weighted by atomic mass is 16.4. The molecule has 1 aromatic carbocycles. The van der Waals surface area contributed by atoms with E-state index in [0.29, 0.717) is 6.42 Å². The van der Waals surface area contributed by atoms with E-state index in [1.807, 2.05) is 0 Å². The van der Waals surface area contributed by atoms with Crippen LogP contribution in [0.4, 0.5) is 5.69 Å². The number of nitrogens with zero attached hydrogens (tertiary/aromatic N) is 1. The minimum Gasteiger partial charge on any atom is -0.481 e. The van der Waals surface area contributed by atoms with Gasteiger partial charge in [-0.15, -0.1) is 0 Å². The lowest BCUT2D eigenvalue weighted by molar-refractivity contribution is -0.137. The second-order valence-electron chi connectivity index (χ2n) is 4.10. The third kappa shape index (κ3) is 4.47. The van der Waals surface area contributed by atoms with Crippen molar-refractivity contribution in [2.45, 2.75) is 33.1 Å². The Morgan fingerprint density at radius 1 is 1.24 bits per heavy atom. The van der Waals surface area contributed by atoms with Crippen molar-refractivity contribution in [1.82, 2.24) is 0 Å². The topological polar surface area (TPSA) is 40.5 Å². The summed E-state index contributed by atoms with van der Waals surface area (Å²) in [4.78, 5) is 12.7. The van der Waals surface area contributed by atoms with Crippen LogP contribution in [0, 0.1) is 0 Å². The molecular weight excluding hydrogens is 214 g/mol. The number of anilines is 1. The molecule has 0 saturated carbocycles. The number of carboxylic acids is 1. The molecule has 0 saturated heterocycles. The number of aliphatic carboxylic acids is 1. The van der Waals surface area contributed by atoms with Gasteiger partial charge in [0.25, 0.3) is 0 Å². The third-order valence-electron chi connectivity index (χ3n) is 2.91. The maximum absolute atomic E-state index is 10.5. The van der Waals surface area contributed by atoms with E-state index in [0.717, 1.165) is 19.5 Å². The fourth-order valence-electron chi connectivity index (χ4n) is 1.83. The standard InChI is InChI=1S/C14H21NO2/c1-3-12-7-9-13(10-8-12)15(4-2)11-5-6-14(16)17/h7-10H,3-6,11H2,1-2H3,(H,16,17). The van der Waals surface area contributed by atoms with Crippen molar-refractivity contribution in [2.75, 3.05) is 18.0 Å². The zero-order valence-corrected chi connectivity index (χ0v) is 10.6. The number of carbonyl (C=O) groups is 1. The Kier molecular flexibility index (Phi) is 5.53. The lowest BCUT2D eigenvalue weighted by Crippen LogP contribution is -2.24. The van der Waals surface area contributed by atoms with Crippen LogP contribution in [0.5, 0.6) is 0 Å². The highest BCUT2D eigenvalue weighted by molar-refractivity contribution is 5.66. The summed E-state index contributed by atoms with van der Waals surface area (Å²) in [5.41, 5.74) is 2.51. The van der Waals surface area contributed by atoms with Gasteiger partial charge >= 0.3 is 5.97 Å². The van der Waals surface area contributed by atoms with Crippen molar-refractivity contribution in [3.8, 4) is 0 Å². The van der Waals surface area contributed by atoms with Gasteiger partial charge in [-0.3, -0.25) is 4.79 Å². The Balaban J connectivity index is 2.56. The number of rotatable bonds is 7. The highest BCUT2D eigenvalue weighted by Gasteiger charge is 2.05. The summed E-state index contributed by atoms with van der Waals surface area (Å²) in [5, 5.41) is 8.62. The van der Waals surface area contributed by atoms with Gasteiger partial charge in [0.1, 0.15) is 0 Å². The van der Waals surface area contributed by atoms with Crippen molar-refractivity contribution in [3.63, 3.8) is 0 Å². The van der Waals surface area contributed by atoms with Crippen LogP contribution >= 0.6 is 0 Å². The van der Waals surface area contributed by atoms with E-state index < -0.39 is 5.97 Å². The van der Waals surface area contributed by atoms with Crippen LogP contribution in [0.1, 0.15) is 32.3 Å². The van der Waals surface area contributed by atoms with Gasteiger partial charge in [-0.1, -0.05) is 19.1 Å². The summed E-state index contributed by atoms with van der Waals surface area (Å²) in [5.74, 6) is -0.720. The molecule has 0 aliphatic heterocycles. The number of hydrogen-bond donors (Lipinski definition) is 1. The summed E-state index contributed by atoms with van der Waals surface area (Å²) >= 11 is 0. The number of benzene rings is 1.